The Morgan fingerprint density at radius 2 is 2.19 bits per heavy atom. The second-order valence-corrected chi connectivity index (χ2v) is 3.02. The second-order valence-electron chi connectivity index (χ2n) is 3.02. The number of aliphatic imine (C=N–C) groups is 1. The van der Waals surface area contributed by atoms with Crippen molar-refractivity contribution in [1.82, 2.24) is 10.2 Å². The highest BCUT2D eigenvalue weighted by Crippen LogP contribution is 2.03. The molecule has 1 rings (SSSR count). The number of nitrogens with one attached hydrogen (secondary N) is 1. The zero-order chi connectivity index (χ0) is 12.0. The van der Waals surface area contributed by atoms with Crippen LogP contribution in [0.5, 0.6) is 0 Å². The molecule has 0 radical (unpaired) electrons. The van der Waals surface area contributed by atoms with E-state index in [4.69, 9.17) is 0 Å². The molecule has 0 spiro atoms. The van der Waals surface area contributed by atoms with Gasteiger partial charge in [0, 0.05) is 19.2 Å². The minimum Gasteiger partial charge on any atom is -0.278 e. The summed E-state index contributed by atoms with van der Waals surface area (Å²) in [6.07, 6.45) is 6.45. The van der Waals surface area contributed by atoms with Crippen molar-refractivity contribution in [2.75, 3.05) is 6.54 Å². The van der Waals surface area contributed by atoms with Gasteiger partial charge in [-0.05, 0) is 12.2 Å². The number of allylic oxidation sites excluding steroid dienone is 2. The van der Waals surface area contributed by atoms with Crippen LogP contribution in [0.3, 0.4) is 0 Å². The monoisotopic (exact) mass is 219 g/mol. The van der Waals surface area contributed by atoms with Crippen molar-refractivity contribution in [1.29, 1.82) is 0 Å². The van der Waals surface area contributed by atoms with E-state index in [1.807, 2.05) is 0 Å². The van der Waals surface area contributed by atoms with E-state index >= 15 is 0 Å². The predicted molar refractivity (Wildman–Crippen MR) is 61.8 cm³/mol. The van der Waals surface area contributed by atoms with Gasteiger partial charge in [0.1, 0.15) is 5.84 Å². The van der Waals surface area contributed by atoms with Crippen molar-refractivity contribution in [2.45, 2.75) is 6.42 Å². The van der Waals surface area contributed by atoms with E-state index in [1.54, 1.807) is 12.2 Å². The Labute approximate surface area is 93.8 Å². The molecular weight excluding hydrogens is 206 g/mol. The Hall–Kier alpha value is -2.17. The number of amides is 3. The first-order valence-corrected chi connectivity index (χ1v) is 4.78. The predicted octanol–water partition coefficient (Wildman–Crippen LogP) is 1.21. The number of hydrogen-bond donors (Lipinski definition) is 1. The summed E-state index contributed by atoms with van der Waals surface area (Å²) in [6, 6.07) is -0.470. The number of hydrogen-bond acceptors (Lipinski definition) is 3. The summed E-state index contributed by atoms with van der Waals surface area (Å²) < 4.78 is 0. The van der Waals surface area contributed by atoms with Crippen LogP contribution in [0.1, 0.15) is 6.42 Å². The highest BCUT2D eigenvalue weighted by molar-refractivity contribution is 6.09. The molecule has 0 aromatic heterocycles. The maximum absolute atomic E-state index is 11.5. The first-order chi connectivity index (χ1) is 7.69. The molecule has 1 aliphatic rings. The molecular formula is C11H13N3O2. The van der Waals surface area contributed by atoms with Crippen LogP contribution in [0.2, 0.25) is 0 Å². The minimum absolute atomic E-state index is 0.268. The number of rotatable bonds is 3. The van der Waals surface area contributed by atoms with Crippen molar-refractivity contribution in [2.24, 2.45) is 4.99 Å². The van der Waals surface area contributed by atoms with Crippen molar-refractivity contribution < 1.29 is 9.59 Å². The Morgan fingerprint density at radius 1 is 1.44 bits per heavy atom. The Morgan fingerprint density at radius 3 is 2.75 bits per heavy atom. The normalized spacial score (nSPS) is 17.5. The average Bonchev–Trinajstić information content (AvgIpc) is 2.26. The van der Waals surface area contributed by atoms with Crippen LogP contribution >= 0.6 is 0 Å². The lowest BCUT2D eigenvalue weighted by molar-refractivity contribution is -0.121. The van der Waals surface area contributed by atoms with E-state index < -0.39 is 6.03 Å². The fourth-order valence-electron chi connectivity index (χ4n) is 1.20. The quantitative estimate of drug-likeness (QED) is 0.440. The van der Waals surface area contributed by atoms with Gasteiger partial charge in [-0.1, -0.05) is 19.2 Å². The molecule has 16 heavy (non-hydrogen) atoms. The van der Waals surface area contributed by atoms with Gasteiger partial charge in [-0.25, -0.2) is 9.79 Å². The molecule has 0 unspecified atom stereocenters. The third-order valence-electron chi connectivity index (χ3n) is 1.94. The molecule has 1 heterocycles. The average molecular weight is 219 g/mol. The molecule has 0 saturated carbocycles. The Kier molecular flexibility index (Phi) is 4.20. The highest BCUT2D eigenvalue weighted by atomic mass is 16.2. The summed E-state index contributed by atoms with van der Waals surface area (Å²) in [5.74, 6) is 0.134. The Bertz CT molecular complexity index is 383. The molecule has 1 aliphatic heterocycles. The van der Waals surface area contributed by atoms with Gasteiger partial charge < -0.3 is 0 Å². The van der Waals surface area contributed by atoms with E-state index in [2.05, 4.69) is 23.5 Å². The fourth-order valence-corrected chi connectivity index (χ4v) is 1.20. The van der Waals surface area contributed by atoms with Gasteiger partial charge in [-0.2, -0.15) is 0 Å². The van der Waals surface area contributed by atoms with E-state index in [1.165, 1.54) is 17.2 Å². The maximum Gasteiger partial charge on any atom is 0.329 e. The van der Waals surface area contributed by atoms with E-state index in [0.29, 0.717) is 12.4 Å². The molecule has 0 aromatic rings. The lowest BCUT2D eigenvalue weighted by Gasteiger charge is -2.25. The van der Waals surface area contributed by atoms with E-state index in [0.717, 1.165) is 0 Å². The number of imide groups is 1. The lowest BCUT2D eigenvalue weighted by Crippen LogP contribution is -2.51. The van der Waals surface area contributed by atoms with Gasteiger partial charge in [0.05, 0.1) is 0 Å². The van der Waals surface area contributed by atoms with E-state index in [-0.39, 0.29) is 12.3 Å². The van der Waals surface area contributed by atoms with Crippen LogP contribution < -0.4 is 5.32 Å². The third-order valence-corrected chi connectivity index (χ3v) is 1.94. The summed E-state index contributed by atoms with van der Waals surface area (Å²) in [5, 5.41) is 2.21. The first-order valence-electron chi connectivity index (χ1n) is 4.78. The first kappa shape index (κ1) is 11.9. The molecule has 84 valence electrons. The zero-order valence-electron chi connectivity index (χ0n) is 8.85. The van der Waals surface area contributed by atoms with Gasteiger partial charge in [-0.3, -0.25) is 15.0 Å². The number of amidine groups is 1. The SMILES string of the molecule is C=C/C=C\N=C(C=C)N1CCC(=O)NC1=O. The summed E-state index contributed by atoms with van der Waals surface area (Å²) in [7, 11) is 0. The molecule has 0 aliphatic carbocycles. The standard InChI is InChI=1S/C11H13N3O2/c1-3-5-7-12-9(4-2)14-8-6-10(15)13-11(14)16/h3-5,7H,1-2,6,8H2,(H,13,15,16)/b7-5-,12-9?. The van der Waals surface area contributed by atoms with Crippen LogP contribution in [-0.4, -0.2) is 29.2 Å². The number of urea groups is 1. The van der Waals surface area contributed by atoms with Crippen molar-refractivity contribution >= 4 is 17.8 Å². The second kappa shape index (κ2) is 5.65. The molecule has 1 saturated heterocycles. The molecule has 1 N–H and O–H groups in total. The molecule has 5 heteroatoms. The number of nitrogens with zero attached hydrogens (tertiary/aromatic N) is 2. The zero-order valence-corrected chi connectivity index (χ0v) is 8.85. The van der Waals surface area contributed by atoms with Gasteiger partial charge in [0.25, 0.3) is 0 Å². The lowest BCUT2D eigenvalue weighted by atomic mass is 10.3. The fraction of sp³-hybridized carbons (Fsp3) is 0.182. The van der Waals surface area contributed by atoms with Crippen LogP contribution in [0, 0.1) is 0 Å². The van der Waals surface area contributed by atoms with Gasteiger partial charge in [-0.15, -0.1) is 0 Å². The molecule has 0 atom stereocenters. The summed E-state index contributed by atoms with van der Waals surface area (Å²) in [4.78, 5) is 27.8. The molecule has 5 nitrogen and oxygen atoms in total. The van der Waals surface area contributed by atoms with Crippen molar-refractivity contribution in [3.63, 3.8) is 0 Å². The largest absolute Gasteiger partial charge is 0.329 e. The maximum atomic E-state index is 11.5. The van der Waals surface area contributed by atoms with Gasteiger partial charge >= 0.3 is 6.03 Å². The van der Waals surface area contributed by atoms with Crippen molar-refractivity contribution in [3.05, 3.63) is 37.6 Å². The molecule has 3 amide bonds. The minimum atomic E-state index is -0.470. The van der Waals surface area contributed by atoms with Crippen LogP contribution in [-0.2, 0) is 4.79 Å². The van der Waals surface area contributed by atoms with Crippen LogP contribution in [0.4, 0.5) is 4.79 Å². The smallest absolute Gasteiger partial charge is 0.278 e. The van der Waals surface area contributed by atoms with Gasteiger partial charge in [0.2, 0.25) is 5.91 Å². The summed E-state index contributed by atoms with van der Waals surface area (Å²) in [6.45, 7) is 7.39. The molecule has 0 aromatic carbocycles. The Balaban J connectivity index is 2.80. The summed E-state index contributed by atoms with van der Waals surface area (Å²) in [5.41, 5.74) is 0. The number of carbonyl (C=O) groups is 2. The number of carbonyl (C=O) groups excluding carboxylic acids is 2. The van der Waals surface area contributed by atoms with E-state index in [9.17, 15) is 9.59 Å². The molecule has 1 fully saturated rings. The van der Waals surface area contributed by atoms with Gasteiger partial charge in [0.15, 0.2) is 0 Å². The topological polar surface area (TPSA) is 61.8 Å². The van der Waals surface area contributed by atoms with Crippen molar-refractivity contribution in [3.8, 4) is 0 Å². The van der Waals surface area contributed by atoms with Crippen LogP contribution in [0.25, 0.3) is 0 Å². The summed E-state index contributed by atoms with van der Waals surface area (Å²) >= 11 is 0. The third kappa shape index (κ3) is 2.91. The highest BCUT2D eigenvalue weighted by Gasteiger charge is 2.25. The van der Waals surface area contributed by atoms with Crippen LogP contribution in [0.15, 0.2) is 42.6 Å². The molecule has 0 bridgehead atoms.